The molecule has 0 aliphatic heterocycles. The van der Waals surface area contributed by atoms with Gasteiger partial charge in [0.25, 0.3) is 10.0 Å². The number of aromatic nitrogens is 2. The molecule has 3 aromatic rings. The van der Waals surface area contributed by atoms with E-state index in [1.54, 1.807) is 0 Å². The maximum absolute atomic E-state index is 12.3. The first-order valence-electron chi connectivity index (χ1n) is 6.17. The van der Waals surface area contributed by atoms with E-state index in [9.17, 15) is 18.0 Å². The van der Waals surface area contributed by atoms with Crippen molar-refractivity contribution in [3.63, 3.8) is 0 Å². The molecule has 0 aliphatic rings. The van der Waals surface area contributed by atoms with Crippen LogP contribution < -0.4 is 16.0 Å². The van der Waals surface area contributed by atoms with Crippen LogP contribution in [-0.2, 0) is 17.1 Å². The van der Waals surface area contributed by atoms with Gasteiger partial charge in [-0.1, -0.05) is 0 Å². The number of anilines is 1. The number of hydrogen-bond acceptors (Lipinski definition) is 5. The van der Waals surface area contributed by atoms with Gasteiger partial charge >= 0.3 is 5.76 Å². The van der Waals surface area contributed by atoms with Crippen molar-refractivity contribution in [2.45, 2.75) is 4.90 Å². The summed E-state index contributed by atoms with van der Waals surface area (Å²) >= 11 is 0. The molecule has 9 heteroatoms. The number of nitrogens with zero attached hydrogens (tertiary/aromatic N) is 1. The molecule has 0 saturated carbocycles. The van der Waals surface area contributed by atoms with Crippen LogP contribution in [0.3, 0.4) is 0 Å². The van der Waals surface area contributed by atoms with Crippen LogP contribution in [0.5, 0.6) is 0 Å². The molecular formula is C13H11N3O5S. The van der Waals surface area contributed by atoms with Crippen molar-refractivity contribution in [1.29, 1.82) is 0 Å². The van der Waals surface area contributed by atoms with Crippen molar-refractivity contribution in [2.75, 3.05) is 4.72 Å². The lowest BCUT2D eigenvalue weighted by Crippen LogP contribution is -2.18. The van der Waals surface area contributed by atoms with E-state index in [0.29, 0.717) is 5.52 Å². The topological polar surface area (TPSA) is 114 Å². The summed E-state index contributed by atoms with van der Waals surface area (Å²) in [6, 6.07) is 6.66. The number of benzene rings is 1. The predicted octanol–water partition coefficient (Wildman–Crippen LogP) is 0.621. The molecule has 3 rings (SSSR count). The molecule has 0 bridgehead atoms. The largest absolute Gasteiger partial charge is 0.417 e. The molecule has 0 atom stereocenters. The minimum atomic E-state index is -3.87. The van der Waals surface area contributed by atoms with E-state index in [2.05, 4.69) is 9.71 Å². The first-order valence-corrected chi connectivity index (χ1v) is 7.66. The van der Waals surface area contributed by atoms with Gasteiger partial charge < -0.3 is 8.98 Å². The Hall–Kier alpha value is -2.81. The molecule has 8 nitrogen and oxygen atoms in total. The molecule has 2 N–H and O–H groups in total. The highest BCUT2D eigenvalue weighted by Crippen LogP contribution is 2.19. The van der Waals surface area contributed by atoms with Crippen LogP contribution >= 0.6 is 0 Å². The highest BCUT2D eigenvalue weighted by molar-refractivity contribution is 7.92. The third-order valence-corrected chi connectivity index (χ3v) is 4.42. The maximum Gasteiger partial charge on any atom is 0.417 e. The summed E-state index contributed by atoms with van der Waals surface area (Å²) in [6.45, 7) is 0. The van der Waals surface area contributed by atoms with E-state index < -0.39 is 15.8 Å². The van der Waals surface area contributed by atoms with Gasteiger partial charge in [0, 0.05) is 25.4 Å². The number of rotatable bonds is 3. The second-order valence-electron chi connectivity index (χ2n) is 4.64. The lowest BCUT2D eigenvalue weighted by Gasteiger charge is -2.08. The zero-order chi connectivity index (χ0) is 15.9. The predicted molar refractivity (Wildman–Crippen MR) is 79.3 cm³/mol. The fraction of sp³-hybridized carbons (Fsp3) is 0.0769. The fourth-order valence-corrected chi connectivity index (χ4v) is 3.02. The second-order valence-corrected chi connectivity index (χ2v) is 6.33. The fourth-order valence-electron chi connectivity index (χ4n) is 1.96. The van der Waals surface area contributed by atoms with Crippen molar-refractivity contribution in [3.05, 3.63) is 57.4 Å². The molecule has 0 unspecified atom stereocenters. The monoisotopic (exact) mass is 321 g/mol. The van der Waals surface area contributed by atoms with Crippen molar-refractivity contribution >= 4 is 26.8 Å². The van der Waals surface area contributed by atoms with Gasteiger partial charge in [0.2, 0.25) is 5.56 Å². The van der Waals surface area contributed by atoms with Crippen LogP contribution in [0.1, 0.15) is 0 Å². The molecule has 0 saturated heterocycles. The molecule has 2 aromatic heterocycles. The van der Waals surface area contributed by atoms with Gasteiger partial charge in [-0.05, 0) is 18.2 Å². The molecule has 0 amide bonds. The van der Waals surface area contributed by atoms with E-state index in [1.807, 2.05) is 0 Å². The van der Waals surface area contributed by atoms with Gasteiger partial charge in [0.1, 0.15) is 0 Å². The molecule has 0 spiro atoms. The van der Waals surface area contributed by atoms with E-state index >= 15 is 0 Å². The minimum absolute atomic E-state index is 0.0587. The number of nitrogens with one attached hydrogen (secondary N) is 2. The zero-order valence-corrected chi connectivity index (χ0v) is 12.2. The van der Waals surface area contributed by atoms with Crippen LogP contribution in [0, 0.1) is 0 Å². The number of pyridine rings is 1. The molecule has 22 heavy (non-hydrogen) atoms. The Bertz CT molecular complexity index is 1070. The first kappa shape index (κ1) is 14.1. The van der Waals surface area contributed by atoms with Gasteiger partial charge in [-0.2, -0.15) is 0 Å². The Morgan fingerprint density at radius 3 is 2.68 bits per heavy atom. The van der Waals surface area contributed by atoms with Gasteiger partial charge in [-0.25, -0.2) is 13.2 Å². The number of aryl methyl sites for hydroxylation is 1. The Kier molecular flexibility index (Phi) is 3.14. The van der Waals surface area contributed by atoms with E-state index in [0.717, 1.165) is 0 Å². The standard InChI is InChI=1S/C13H11N3O5S/c1-16-7-8(2-5-12(16)17)15-22(19,20)9-3-4-10-11(6-9)21-13(18)14-10/h2-7,15H,1H3,(H,14,18). The number of fused-ring (bicyclic) bond motifs is 1. The van der Waals surface area contributed by atoms with Crippen LogP contribution in [-0.4, -0.2) is 18.0 Å². The lowest BCUT2D eigenvalue weighted by molar-refractivity contribution is 0.554. The highest BCUT2D eigenvalue weighted by Gasteiger charge is 2.16. The number of sulfonamides is 1. The lowest BCUT2D eigenvalue weighted by atomic mass is 10.3. The van der Waals surface area contributed by atoms with Crippen molar-refractivity contribution in [1.82, 2.24) is 9.55 Å². The van der Waals surface area contributed by atoms with E-state index in [1.165, 1.54) is 48.1 Å². The summed E-state index contributed by atoms with van der Waals surface area (Å²) in [5.74, 6) is -0.657. The molecule has 2 heterocycles. The smallest absolute Gasteiger partial charge is 0.408 e. The maximum atomic E-state index is 12.3. The Labute approximate surface area is 124 Å². The number of aromatic amines is 1. The molecular weight excluding hydrogens is 310 g/mol. The summed E-state index contributed by atoms with van der Waals surface area (Å²) in [6.07, 6.45) is 1.37. The normalized spacial score (nSPS) is 11.7. The second kappa shape index (κ2) is 4.88. The molecule has 0 fully saturated rings. The average Bonchev–Trinajstić information content (AvgIpc) is 2.81. The Morgan fingerprint density at radius 1 is 1.18 bits per heavy atom. The SMILES string of the molecule is Cn1cc(NS(=O)(=O)c2ccc3[nH]c(=O)oc3c2)ccc1=O. The van der Waals surface area contributed by atoms with Crippen LogP contribution in [0.25, 0.3) is 11.1 Å². The van der Waals surface area contributed by atoms with Gasteiger partial charge in [-0.3, -0.25) is 14.5 Å². The van der Waals surface area contributed by atoms with Crippen LogP contribution in [0.2, 0.25) is 0 Å². The van der Waals surface area contributed by atoms with Gasteiger partial charge in [0.05, 0.1) is 16.1 Å². The van der Waals surface area contributed by atoms with Crippen LogP contribution in [0.4, 0.5) is 5.69 Å². The molecule has 1 aromatic carbocycles. The molecule has 0 radical (unpaired) electrons. The summed E-state index contributed by atoms with van der Waals surface area (Å²) < 4.78 is 33.1. The molecule has 114 valence electrons. The number of oxazole rings is 1. The van der Waals surface area contributed by atoms with Crippen molar-refractivity contribution < 1.29 is 12.8 Å². The van der Waals surface area contributed by atoms with Gasteiger partial charge in [-0.15, -0.1) is 0 Å². The summed E-state index contributed by atoms with van der Waals surface area (Å²) in [5, 5.41) is 0. The molecule has 0 aliphatic carbocycles. The zero-order valence-electron chi connectivity index (χ0n) is 11.4. The first-order chi connectivity index (χ1) is 10.3. The summed E-state index contributed by atoms with van der Waals surface area (Å²) in [4.78, 5) is 24.8. The summed E-state index contributed by atoms with van der Waals surface area (Å²) in [5.41, 5.74) is 0.551. The Balaban J connectivity index is 2.01. The summed E-state index contributed by atoms with van der Waals surface area (Å²) in [7, 11) is -2.35. The van der Waals surface area contributed by atoms with Gasteiger partial charge in [0.15, 0.2) is 5.58 Å². The third-order valence-electron chi connectivity index (χ3n) is 3.04. The quantitative estimate of drug-likeness (QED) is 0.734. The number of hydrogen-bond donors (Lipinski definition) is 2. The highest BCUT2D eigenvalue weighted by atomic mass is 32.2. The third kappa shape index (κ3) is 2.53. The Morgan fingerprint density at radius 2 is 1.95 bits per heavy atom. The van der Waals surface area contributed by atoms with Crippen molar-refractivity contribution in [3.8, 4) is 0 Å². The minimum Gasteiger partial charge on any atom is -0.408 e. The van der Waals surface area contributed by atoms with E-state index in [4.69, 9.17) is 4.42 Å². The van der Waals surface area contributed by atoms with Crippen molar-refractivity contribution in [2.24, 2.45) is 7.05 Å². The van der Waals surface area contributed by atoms with Crippen LogP contribution in [0.15, 0.2) is 55.4 Å². The van der Waals surface area contributed by atoms with E-state index in [-0.39, 0.29) is 21.7 Å². The average molecular weight is 321 g/mol. The number of H-pyrrole nitrogens is 1.